The molecule has 2 nitrogen and oxygen atoms in total. The molecule has 1 N–H and O–H groups in total. The number of carbonyl (C=O) groups is 1. The largest absolute Gasteiger partial charge is 0.400 e. The summed E-state index contributed by atoms with van der Waals surface area (Å²) in [6, 6.07) is 0. The smallest absolute Gasteiger partial charge is 0.142 e. The van der Waals surface area contributed by atoms with Crippen molar-refractivity contribution in [2.45, 2.75) is 33.6 Å². The van der Waals surface area contributed by atoms with Crippen LogP contribution >= 0.6 is 0 Å². The summed E-state index contributed by atoms with van der Waals surface area (Å²) in [5.74, 6) is 0. The van der Waals surface area contributed by atoms with E-state index < -0.39 is 0 Å². The Kier molecular flexibility index (Phi) is 12.5. The van der Waals surface area contributed by atoms with E-state index in [2.05, 4.69) is 19.9 Å². The molecule has 0 aromatic heterocycles. The first kappa shape index (κ1) is 14.6. The molecule has 0 heterocycles. The molecule has 0 saturated heterocycles. The van der Waals surface area contributed by atoms with Crippen molar-refractivity contribution < 1.29 is 9.90 Å². The molecule has 13 heavy (non-hydrogen) atoms. The minimum atomic E-state index is 0.845. The van der Waals surface area contributed by atoms with Gasteiger partial charge in [-0.2, -0.15) is 0 Å². The fourth-order valence-corrected chi connectivity index (χ4v) is 0.788. The zero-order valence-electron chi connectivity index (χ0n) is 9.00. The van der Waals surface area contributed by atoms with Crippen LogP contribution in [0.5, 0.6) is 0 Å². The lowest BCUT2D eigenvalue weighted by molar-refractivity contribution is -0.104. The summed E-state index contributed by atoms with van der Waals surface area (Å²) in [7, 11) is 1.00. The van der Waals surface area contributed by atoms with Gasteiger partial charge in [-0.25, -0.2) is 0 Å². The van der Waals surface area contributed by atoms with Gasteiger partial charge in [0.05, 0.1) is 0 Å². The monoisotopic (exact) mass is 184 g/mol. The Morgan fingerprint density at radius 1 is 1.23 bits per heavy atom. The Morgan fingerprint density at radius 2 is 1.77 bits per heavy atom. The van der Waals surface area contributed by atoms with E-state index in [4.69, 9.17) is 5.11 Å². The van der Waals surface area contributed by atoms with E-state index in [9.17, 15) is 4.79 Å². The summed E-state index contributed by atoms with van der Waals surface area (Å²) in [6.07, 6.45) is 6.68. The predicted molar refractivity (Wildman–Crippen MR) is 56.6 cm³/mol. The average molecular weight is 184 g/mol. The van der Waals surface area contributed by atoms with Crippen molar-refractivity contribution in [1.29, 1.82) is 0 Å². The van der Waals surface area contributed by atoms with Crippen LogP contribution in [-0.4, -0.2) is 18.5 Å². The summed E-state index contributed by atoms with van der Waals surface area (Å²) in [5, 5.41) is 7.00. The third-order valence-electron chi connectivity index (χ3n) is 1.44. The van der Waals surface area contributed by atoms with Gasteiger partial charge in [0.15, 0.2) is 0 Å². The molecular formula is C11H20O2. The van der Waals surface area contributed by atoms with Crippen LogP contribution in [0, 0.1) is 0 Å². The minimum Gasteiger partial charge on any atom is -0.400 e. The van der Waals surface area contributed by atoms with E-state index in [0.717, 1.165) is 31.8 Å². The Morgan fingerprint density at radius 3 is 2.15 bits per heavy atom. The average Bonchev–Trinajstić information content (AvgIpc) is 2.08. The van der Waals surface area contributed by atoms with Gasteiger partial charge in [-0.05, 0) is 39.7 Å². The number of aliphatic hydroxyl groups excluding tert-OH is 1. The van der Waals surface area contributed by atoms with Gasteiger partial charge in [-0.15, -0.1) is 0 Å². The molecule has 0 fully saturated rings. The van der Waals surface area contributed by atoms with E-state index in [-0.39, 0.29) is 0 Å². The molecule has 0 radical (unpaired) electrons. The van der Waals surface area contributed by atoms with Gasteiger partial charge in [0, 0.05) is 7.11 Å². The molecule has 0 rings (SSSR count). The third-order valence-corrected chi connectivity index (χ3v) is 1.44. The van der Waals surface area contributed by atoms with Crippen LogP contribution in [0.1, 0.15) is 33.6 Å². The van der Waals surface area contributed by atoms with E-state index in [0.29, 0.717) is 0 Å². The molecular weight excluding hydrogens is 164 g/mol. The number of carbonyl (C=O) groups excluding carboxylic acids is 1. The Bertz CT molecular complexity index is 175. The molecule has 0 aromatic carbocycles. The number of aliphatic hydroxyl groups is 1. The zero-order valence-corrected chi connectivity index (χ0v) is 9.00. The van der Waals surface area contributed by atoms with E-state index in [1.807, 2.05) is 6.92 Å². The van der Waals surface area contributed by atoms with E-state index in [1.165, 1.54) is 5.57 Å². The molecule has 0 unspecified atom stereocenters. The lowest BCUT2D eigenvalue weighted by atomic mass is 10.1. The zero-order chi connectivity index (χ0) is 10.7. The highest BCUT2D eigenvalue weighted by atomic mass is 16.2. The van der Waals surface area contributed by atoms with Crippen LogP contribution in [0.4, 0.5) is 0 Å². The highest BCUT2D eigenvalue weighted by molar-refractivity contribution is 5.65. The van der Waals surface area contributed by atoms with Crippen molar-refractivity contribution in [1.82, 2.24) is 0 Å². The van der Waals surface area contributed by atoms with Gasteiger partial charge in [0.2, 0.25) is 0 Å². The summed E-state index contributed by atoms with van der Waals surface area (Å²) in [5.41, 5.74) is 2.49. The van der Waals surface area contributed by atoms with Crippen LogP contribution in [0.2, 0.25) is 0 Å². The lowest BCUT2D eigenvalue weighted by Crippen LogP contribution is -1.77. The predicted octanol–water partition coefficient (Wildman–Crippen LogP) is 2.49. The normalized spacial score (nSPS) is 9.77. The van der Waals surface area contributed by atoms with Crippen LogP contribution in [0.15, 0.2) is 23.3 Å². The Balaban J connectivity index is 0. The summed E-state index contributed by atoms with van der Waals surface area (Å²) < 4.78 is 0. The number of aldehydes is 1. The first-order valence-corrected chi connectivity index (χ1v) is 4.36. The van der Waals surface area contributed by atoms with Crippen LogP contribution in [-0.2, 0) is 4.79 Å². The maximum absolute atomic E-state index is 10.0. The summed E-state index contributed by atoms with van der Waals surface area (Å²) in [4.78, 5) is 10.0. The molecule has 0 spiro atoms. The summed E-state index contributed by atoms with van der Waals surface area (Å²) in [6.45, 7) is 6.14. The van der Waals surface area contributed by atoms with Gasteiger partial charge in [0.25, 0.3) is 0 Å². The van der Waals surface area contributed by atoms with Gasteiger partial charge >= 0.3 is 0 Å². The molecule has 2 heteroatoms. The molecule has 0 saturated carbocycles. The first-order valence-electron chi connectivity index (χ1n) is 4.36. The van der Waals surface area contributed by atoms with Gasteiger partial charge in [-0.1, -0.05) is 17.2 Å². The molecule has 0 amide bonds. The van der Waals surface area contributed by atoms with Crippen molar-refractivity contribution in [2.24, 2.45) is 0 Å². The third kappa shape index (κ3) is 14.0. The van der Waals surface area contributed by atoms with Crippen LogP contribution in [0.25, 0.3) is 0 Å². The second-order valence-corrected chi connectivity index (χ2v) is 2.97. The fraction of sp³-hybridized carbons (Fsp3) is 0.545. The van der Waals surface area contributed by atoms with E-state index >= 15 is 0 Å². The van der Waals surface area contributed by atoms with E-state index in [1.54, 1.807) is 6.08 Å². The second kappa shape index (κ2) is 11.1. The fourth-order valence-electron chi connectivity index (χ4n) is 0.788. The maximum Gasteiger partial charge on any atom is 0.142 e. The standard InChI is InChI=1S/C10H16O.CH4O/c1-9(2)5-4-6-10(3)7-8-11;1-2/h5,7-8H,4,6H2,1-3H3;2H,1H3. The van der Waals surface area contributed by atoms with Crippen molar-refractivity contribution in [2.75, 3.05) is 7.11 Å². The van der Waals surface area contributed by atoms with Gasteiger partial charge in [-0.3, -0.25) is 4.79 Å². The topological polar surface area (TPSA) is 37.3 Å². The summed E-state index contributed by atoms with van der Waals surface area (Å²) >= 11 is 0. The van der Waals surface area contributed by atoms with Crippen molar-refractivity contribution in [3.8, 4) is 0 Å². The van der Waals surface area contributed by atoms with Crippen LogP contribution in [0.3, 0.4) is 0 Å². The molecule has 0 bridgehead atoms. The lowest BCUT2D eigenvalue weighted by Gasteiger charge is -1.94. The molecule has 0 atom stereocenters. The highest BCUT2D eigenvalue weighted by Gasteiger charge is 1.86. The molecule has 0 aliphatic rings. The number of rotatable bonds is 4. The van der Waals surface area contributed by atoms with Crippen LogP contribution < -0.4 is 0 Å². The highest BCUT2D eigenvalue weighted by Crippen LogP contribution is 2.05. The molecule has 0 aromatic rings. The molecule has 0 aliphatic heterocycles. The quantitative estimate of drug-likeness (QED) is 0.414. The number of hydrogen-bond acceptors (Lipinski definition) is 2. The van der Waals surface area contributed by atoms with Gasteiger partial charge in [0.1, 0.15) is 6.29 Å². The molecule has 0 aliphatic carbocycles. The maximum atomic E-state index is 10.0. The van der Waals surface area contributed by atoms with Crippen molar-refractivity contribution in [3.63, 3.8) is 0 Å². The minimum absolute atomic E-state index is 0.845. The second-order valence-electron chi connectivity index (χ2n) is 2.97. The van der Waals surface area contributed by atoms with Gasteiger partial charge < -0.3 is 5.11 Å². The Labute approximate surface area is 81.0 Å². The number of hydrogen-bond donors (Lipinski definition) is 1. The Hall–Kier alpha value is -0.890. The SMILES string of the molecule is CC(C)=CCCC(C)=CC=O.CO. The van der Waals surface area contributed by atoms with Crippen molar-refractivity contribution in [3.05, 3.63) is 23.3 Å². The number of allylic oxidation sites excluding steroid dienone is 4. The molecule has 76 valence electrons. The first-order chi connectivity index (χ1) is 6.16. The van der Waals surface area contributed by atoms with Crippen molar-refractivity contribution >= 4 is 6.29 Å².